The highest BCUT2D eigenvalue weighted by Crippen LogP contribution is 2.74. The normalized spacial score (nSPS) is 28.7. The molecule has 0 amide bonds. The van der Waals surface area contributed by atoms with Crippen LogP contribution in [0.5, 0.6) is 0 Å². The summed E-state index contributed by atoms with van der Waals surface area (Å²) in [6.07, 6.45) is 5.80. The van der Waals surface area contributed by atoms with Crippen molar-refractivity contribution in [3.63, 3.8) is 0 Å². The van der Waals surface area contributed by atoms with Gasteiger partial charge in [0.25, 0.3) is 0 Å². The van der Waals surface area contributed by atoms with Crippen LogP contribution in [-0.2, 0) is 11.3 Å². The number of rotatable bonds is 4. The second-order valence-corrected chi connectivity index (χ2v) is 7.03. The Hall–Kier alpha value is -1.64. The number of hydrogen-bond acceptors (Lipinski definition) is 2. The number of hydrogen-bond donors (Lipinski definition) is 1. The maximum absolute atomic E-state index is 11.4. The molecule has 2 fully saturated rings. The first kappa shape index (κ1) is 14.9. The highest BCUT2D eigenvalue weighted by Gasteiger charge is 2.77. The largest absolute Gasteiger partial charge is 0.364 e. The predicted octanol–water partition coefficient (Wildman–Crippen LogP) is 4.64. The van der Waals surface area contributed by atoms with E-state index >= 15 is 0 Å². The summed E-state index contributed by atoms with van der Waals surface area (Å²) in [7, 11) is 0. The van der Waals surface area contributed by atoms with Gasteiger partial charge in [0.05, 0.1) is 6.61 Å². The van der Waals surface area contributed by atoms with E-state index in [1.165, 1.54) is 24.8 Å². The zero-order valence-electron chi connectivity index (χ0n) is 13.4. The first-order chi connectivity index (χ1) is 11.3. The molecular weight excluding hydrogens is 284 g/mol. The monoisotopic (exact) mass is 308 g/mol. The SMILES string of the molecule is OC1(OCc2ccccc2)C(c2ccccc2)C12CCCCC2. The maximum Gasteiger partial charge on any atom is 0.179 e. The van der Waals surface area contributed by atoms with E-state index in [9.17, 15) is 5.11 Å². The van der Waals surface area contributed by atoms with E-state index < -0.39 is 5.79 Å². The van der Waals surface area contributed by atoms with Crippen molar-refractivity contribution in [2.75, 3.05) is 0 Å². The van der Waals surface area contributed by atoms with Crippen molar-refractivity contribution in [2.24, 2.45) is 5.41 Å². The van der Waals surface area contributed by atoms with Crippen molar-refractivity contribution < 1.29 is 9.84 Å². The van der Waals surface area contributed by atoms with Gasteiger partial charge in [-0.1, -0.05) is 79.9 Å². The van der Waals surface area contributed by atoms with Gasteiger partial charge in [-0.2, -0.15) is 0 Å². The molecule has 0 aromatic heterocycles. The Morgan fingerprint density at radius 2 is 1.48 bits per heavy atom. The topological polar surface area (TPSA) is 29.5 Å². The van der Waals surface area contributed by atoms with Gasteiger partial charge in [-0.05, 0) is 24.0 Å². The smallest absolute Gasteiger partial charge is 0.179 e. The molecule has 23 heavy (non-hydrogen) atoms. The van der Waals surface area contributed by atoms with Crippen molar-refractivity contribution in [1.29, 1.82) is 0 Å². The summed E-state index contributed by atoms with van der Waals surface area (Å²) < 4.78 is 6.14. The van der Waals surface area contributed by atoms with Gasteiger partial charge in [-0.3, -0.25) is 0 Å². The average molecular weight is 308 g/mol. The van der Waals surface area contributed by atoms with Crippen LogP contribution >= 0.6 is 0 Å². The number of benzene rings is 2. The summed E-state index contributed by atoms with van der Waals surface area (Å²) in [6.45, 7) is 0.475. The first-order valence-corrected chi connectivity index (χ1v) is 8.71. The first-order valence-electron chi connectivity index (χ1n) is 8.71. The second-order valence-electron chi connectivity index (χ2n) is 7.03. The summed E-state index contributed by atoms with van der Waals surface area (Å²) in [5.74, 6) is -0.898. The molecule has 2 aliphatic carbocycles. The van der Waals surface area contributed by atoms with Gasteiger partial charge >= 0.3 is 0 Å². The molecular formula is C21H24O2. The van der Waals surface area contributed by atoms with Gasteiger partial charge < -0.3 is 9.84 Å². The van der Waals surface area contributed by atoms with Gasteiger partial charge in [0.15, 0.2) is 5.79 Å². The molecule has 0 radical (unpaired) electrons. The quantitative estimate of drug-likeness (QED) is 0.834. The molecule has 2 aromatic carbocycles. The summed E-state index contributed by atoms with van der Waals surface area (Å²) in [5, 5.41) is 11.4. The van der Waals surface area contributed by atoms with Crippen LogP contribution in [-0.4, -0.2) is 10.9 Å². The molecule has 2 atom stereocenters. The van der Waals surface area contributed by atoms with E-state index in [2.05, 4.69) is 36.4 Å². The van der Waals surface area contributed by atoms with Crippen LogP contribution in [0.25, 0.3) is 0 Å². The van der Waals surface area contributed by atoms with Gasteiger partial charge in [0.2, 0.25) is 0 Å². The lowest BCUT2D eigenvalue weighted by molar-refractivity contribution is -0.168. The van der Waals surface area contributed by atoms with E-state index in [1.54, 1.807) is 0 Å². The molecule has 1 N–H and O–H groups in total. The minimum Gasteiger partial charge on any atom is -0.364 e. The zero-order valence-corrected chi connectivity index (χ0v) is 13.4. The third-order valence-corrected chi connectivity index (χ3v) is 5.75. The van der Waals surface area contributed by atoms with Gasteiger partial charge in [-0.15, -0.1) is 0 Å². The minimum atomic E-state index is -1.01. The Bertz CT molecular complexity index is 646. The molecule has 2 nitrogen and oxygen atoms in total. The Kier molecular flexibility index (Phi) is 3.74. The lowest BCUT2D eigenvalue weighted by atomic mass is 9.82. The van der Waals surface area contributed by atoms with Crippen LogP contribution in [0.3, 0.4) is 0 Å². The molecule has 0 bridgehead atoms. The van der Waals surface area contributed by atoms with E-state index in [1.807, 2.05) is 24.3 Å². The third kappa shape index (κ3) is 2.41. The van der Waals surface area contributed by atoms with Crippen molar-refractivity contribution >= 4 is 0 Å². The van der Waals surface area contributed by atoms with Crippen molar-refractivity contribution in [3.05, 3.63) is 71.8 Å². The number of aliphatic hydroxyl groups is 1. The summed E-state index contributed by atoms with van der Waals surface area (Å²) in [5.41, 5.74) is 2.25. The standard InChI is InChI=1S/C21H24O2/c22-21(23-16-17-10-4-1-5-11-17)19(18-12-6-2-7-13-18)20(21)14-8-3-9-15-20/h1-2,4-7,10-13,19,22H,3,8-9,14-16H2. The minimum absolute atomic E-state index is 0.0820. The molecule has 120 valence electrons. The summed E-state index contributed by atoms with van der Waals surface area (Å²) in [6, 6.07) is 20.5. The molecule has 4 rings (SSSR count). The van der Waals surface area contributed by atoms with E-state index in [0.717, 1.165) is 18.4 Å². The van der Waals surface area contributed by atoms with Crippen LogP contribution in [0.2, 0.25) is 0 Å². The predicted molar refractivity (Wildman–Crippen MR) is 90.9 cm³/mol. The molecule has 0 aliphatic heterocycles. The van der Waals surface area contributed by atoms with Crippen molar-refractivity contribution in [3.8, 4) is 0 Å². The molecule has 2 saturated carbocycles. The lowest BCUT2D eigenvalue weighted by Gasteiger charge is -2.25. The molecule has 2 aliphatic rings. The van der Waals surface area contributed by atoms with Gasteiger partial charge in [0, 0.05) is 11.3 Å². The molecule has 2 unspecified atom stereocenters. The fourth-order valence-corrected chi connectivity index (χ4v) is 4.56. The maximum atomic E-state index is 11.4. The Labute approximate surface area is 138 Å². The van der Waals surface area contributed by atoms with E-state index in [0.29, 0.717) is 6.61 Å². The van der Waals surface area contributed by atoms with Crippen LogP contribution in [0.4, 0.5) is 0 Å². The third-order valence-electron chi connectivity index (χ3n) is 5.75. The Balaban J connectivity index is 1.59. The number of ether oxygens (including phenoxy) is 1. The summed E-state index contributed by atoms with van der Waals surface area (Å²) in [4.78, 5) is 0. The highest BCUT2D eigenvalue weighted by atomic mass is 16.6. The van der Waals surface area contributed by atoms with Crippen molar-refractivity contribution in [1.82, 2.24) is 0 Å². The van der Waals surface area contributed by atoms with Crippen LogP contribution < -0.4 is 0 Å². The molecule has 0 saturated heterocycles. The lowest BCUT2D eigenvalue weighted by Crippen LogP contribution is -2.25. The Morgan fingerprint density at radius 3 is 2.13 bits per heavy atom. The molecule has 2 heteroatoms. The fraction of sp³-hybridized carbons (Fsp3) is 0.429. The van der Waals surface area contributed by atoms with Crippen LogP contribution in [0, 0.1) is 5.41 Å². The van der Waals surface area contributed by atoms with E-state index in [4.69, 9.17) is 4.74 Å². The van der Waals surface area contributed by atoms with E-state index in [-0.39, 0.29) is 11.3 Å². The molecule has 0 heterocycles. The van der Waals surface area contributed by atoms with Crippen LogP contribution in [0.15, 0.2) is 60.7 Å². The summed E-state index contributed by atoms with van der Waals surface area (Å²) >= 11 is 0. The average Bonchev–Trinajstić information content (AvgIpc) is 3.12. The van der Waals surface area contributed by atoms with Crippen molar-refractivity contribution in [2.45, 2.75) is 50.4 Å². The molecule has 2 aromatic rings. The highest BCUT2D eigenvalue weighted by molar-refractivity contribution is 5.38. The molecule has 1 spiro atoms. The van der Waals surface area contributed by atoms with Gasteiger partial charge in [-0.25, -0.2) is 0 Å². The zero-order chi connectivity index (χ0) is 15.8. The Morgan fingerprint density at radius 1 is 0.870 bits per heavy atom. The second kappa shape index (κ2) is 5.77. The fourth-order valence-electron chi connectivity index (χ4n) is 4.56. The van der Waals surface area contributed by atoms with Crippen LogP contribution in [0.1, 0.15) is 49.1 Å². The van der Waals surface area contributed by atoms with Gasteiger partial charge in [0.1, 0.15) is 0 Å².